The Hall–Kier alpha value is -1.54. The van der Waals surface area contributed by atoms with Gasteiger partial charge in [-0.15, -0.1) is 5.10 Å². The molecule has 7 nitrogen and oxygen atoms in total. The summed E-state index contributed by atoms with van der Waals surface area (Å²) in [6.45, 7) is 0. The summed E-state index contributed by atoms with van der Waals surface area (Å²) in [4.78, 5) is 7.25. The van der Waals surface area contributed by atoms with E-state index in [0.717, 1.165) is 4.52 Å². The molecule has 0 fully saturated rings. The van der Waals surface area contributed by atoms with Gasteiger partial charge in [0.1, 0.15) is 6.33 Å². The highest BCUT2D eigenvalue weighted by Crippen LogP contribution is 2.03. The molecular weight excluding hydrogens is 196 g/mol. The minimum atomic E-state index is -4.34. The fourth-order valence-corrected chi connectivity index (χ4v) is 1.23. The summed E-state index contributed by atoms with van der Waals surface area (Å²) < 4.78 is 31.0. The highest BCUT2D eigenvalue weighted by Gasteiger charge is 2.16. The molecule has 2 heterocycles. The van der Waals surface area contributed by atoms with Crippen molar-refractivity contribution in [1.29, 1.82) is 0 Å². The quantitative estimate of drug-likeness (QED) is 0.615. The Kier molecular flexibility index (Phi) is 1.54. The smallest absolute Gasteiger partial charge is 0.279 e. The molecule has 0 aliphatic heterocycles. The van der Waals surface area contributed by atoms with Gasteiger partial charge in [0.2, 0.25) is 0 Å². The van der Waals surface area contributed by atoms with Crippen molar-refractivity contribution in [3.8, 4) is 0 Å². The fraction of sp³-hybridized carbons (Fsp3) is 0. The van der Waals surface area contributed by atoms with E-state index in [2.05, 4.69) is 15.1 Å². The van der Waals surface area contributed by atoms with Crippen LogP contribution in [0.25, 0.3) is 5.65 Å². The Labute approximate surface area is 72.8 Å². The van der Waals surface area contributed by atoms with E-state index >= 15 is 0 Å². The summed E-state index contributed by atoms with van der Waals surface area (Å²) in [5, 5.41) is 2.86. The molecule has 8 heteroatoms. The van der Waals surface area contributed by atoms with Gasteiger partial charge in [0, 0.05) is 12.3 Å². The third-order valence-corrected chi connectivity index (χ3v) is 1.99. The second-order valence-electron chi connectivity index (χ2n) is 2.25. The van der Waals surface area contributed by atoms with Gasteiger partial charge in [0.15, 0.2) is 5.65 Å². The maximum Gasteiger partial charge on any atom is 0.332 e. The van der Waals surface area contributed by atoms with Crippen molar-refractivity contribution in [2.24, 2.45) is 0 Å². The second-order valence-corrected chi connectivity index (χ2v) is 3.57. The van der Waals surface area contributed by atoms with Gasteiger partial charge in [0.05, 0.1) is 0 Å². The fourth-order valence-electron chi connectivity index (χ4n) is 0.834. The SMILES string of the molecule is O=S(=O)(O)c1nc2ccncn2n1. The number of nitrogens with zero attached hydrogens (tertiary/aromatic N) is 4. The van der Waals surface area contributed by atoms with Crippen LogP contribution in [0, 0.1) is 0 Å². The van der Waals surface area contributed by atoms with Crippen molar-refractivity contribution in [2.45, 2.75) is 5.16 Å². The lowest BCUT2D eigenvalue weighted by Crippen LogP contribution is -2.00. The van der Waals surface area contributed by atoms with Crippen molar-refractivity contribution >= 4 is 15.8 Å². The molecular formula is C5H4N4O3S. The first-order valence-corrected chi connectivity index (χ1v) is 4.65. The lowest BCUT2D eigenvalue weighted by molar-refractivity contribution is 0.474. The molecule has 2 aromatic heterocycles. The standard InChI is InChI=1S/C5H4N4O3S/c10-13(11,12)5-7-4-1-2-6-3-9(4)8-5/h1-3H,(H,10,11,12). The third kappa shape index (κ3) is 1.36. The van der Waals surface area contributed by atoms with Crippen LogP contribution < -0.4 is 0 Å². The molecule has 0 aromatic carbocycles. The van der Waals surface area contributed by atoms with E-state index in [-0.39, 0.29) is 0 Å². The van der Waals surface area contributed by atoms with Crippen LogP contribution in [-0.4, -0.2) is 32.6 Å². The third-order valence-electron chi connectivity index (χ3n) is 1.35. The molecule has 2 rings (SSSR count). The van der Waals surface area contributed by atoms with Crippen LogP contribution in [0.4, 0.5) is 0 Å². The lowest BCUT2D eigenvalue weighted by atomic mass is 10.6. The Morgan fingerprint density at radius 1 is 1.46 bits per heavy atom. The summed E-state index contributed by atoms with van der Waals surface area (Å²) in [5.41, 5.74) is 0.308. The van der Waals surface area contributed by atoms with Gasteiger partial charge in [-0.05, 0) is 0 Å². The number of rotatable bonds is 1. The number of hydrogen-bond donors (Lipinski definition) is 1. The van der Waals surface area contributed by atoms with Crippen molar-refractivity contribution in [3.05, 3.63) is 18.6 Å². The van der Waals surface area contributed by atoms with E-state index in [1.165, 1.54) is 18.6 Å². The molecule has 0 saturated heterocycles. The minimum Gasteiger partial charge on any atom is -0.279 e. The van der Waals surface area contributed by atoms with Gasteiger partial charge in [-0.25, -0.2) is 9.50 Å². The molecule has 0 bridgehead atoms. The van der Waals surface area contributed by atoms with Crippen LogP contribution in [0.5, 0.6) is 0 Å². The summed E-state index contributed by atoms with van der Waals surface area (Å²) in [6.07, 6.45) is 2.73. The summed E-state index contributed by atoms with van der Waals surface area (Å²) in [5.74, 6) is 0. The van der Waals surface area contributed by atoms with Gasteiger partial charge in [0.25, 0.3) is 5.16 Å². The highest BCUT2D eigenvalue weighted by molar-refractivity contribution is 7.85. The molecule has 0 unspecified atom stereocenters. The van der Waals surface area contributed by atoms with Gasteiger partial charge in [-0.3, -0.25) is 4.55 Å². The summed E-state index contributed by atoms with van der Waals surface area (Å²) >= 11 is 0. The van der Waals surface area contributed by atoms with Crippen molar-refractivity contribution < 1.29 is 13.0 Å². The largest absolute Gasteiger partial charge is 0.332 e. The van der Waals surface area contributed by atoms with Crippen LogP contribution in [0.1, 0.15) is 0 Å². The molecule has 1 N–H and O–H groups in total. The van der Waals surface area contributed by atoms with Crippen LogP contribution in [0.3, 0.4) is 0 Å². The Bertz CT molecular complexity index is 513. The molecule has 13 heavy (non-hydrogen) atoms. The molecule has 0 spiro atoms. The average molecular weight is 200 g/mol. The summed E-state index contributed by atoms with van der Waals surface area (Å²) in [6, 6.07) is 1.47. The maximum absolute atomic E-state index is 10.6. The van der Waals surface area contributed by atoms with E-state index in [1.807, 2.05) is 0 Å². The molecule has 0 amide bonds. The first-order valence-electron chi connectivity index (χ1n) is 3.21. The highest BCUT2D eigenvalue weighted by atomic mass is 32.2. The zero-order valence-corrected chi connectivity index (χ0v) is 7.01. The van der Waals surface area contributed by atoms with Gasteiger partial charge in [-0.1, -0.05) is 0 Å². The zero-order valence-electron chi connectivity index (χ0n) is 6.19. The topological polar surface area (TPSA) is 97.5 Å². The number of aromatic nitrogens is 4. The average Bonchev–Trinajstić information content (AvgIpc) is 2.45. The molecule has 0 radical (unpaired) electrons. The first kappa shape index (κ1) is 8.08. The Morgan fingerprint density at radius 3 is 2.85 bits per heavy atom. The number of hydrogen-bond acceptors (Lipinski definition) is 5. The van der Waals surface area contributed by atoms with Crippen LogP contribution in [0.2, 0.25) is 0 Å². The first-order chi connectivity index (χ1) is 6.07. The van der Waals surface area contributed by atoms with E-state index in [9.17, 15) is 8.42 Å². The van der Waals surface area contributed by atoms with Gasteiger partial charge >= 0.3 is 10.1 Å². The van der Waals surface area contributed by atoms with E-state index < -0.39 is 15.3 Å². The molecule has 2 aromatic rings. The number of fused-ring (bicyclic) bond motifs is 1. The zero-order chi connectivity index (χ0) is 9.47. The van der Waals surface area contributed by atoms with Crippen LogP contribution in [0.15, 0.2) is 23.7 Å². The van der Waals surface area contributed by atoms with Gasteiger partial charge < -0.3 is 0 Å². The van der Waals surface area contributed by atoms with Crippen LogP contribution in [-0.2, 0) is 10.1 Å². The normalized spacial score (nSPS) is 12.1. The van der Waals surface area contributed by atoms with Crippen molar-refractivity contribution in [3.63, 3.8) is 0 Å². The molecule has 0 aliphatic rings. The van der Waals surface area contributed by atoms with E-state index in [4.69, 9.17) is 4.55 Å². The predicted octanol–water partition coefficient (Wildman–Crippen LogP) is -0.629. The minimum absolute atomic E-state index is 0.308. The summed E-state index contributed by atoms with van der Waals surface area (Å²) in [7, 11) is -4.34. The Balaban J connectivity index is 2.77. The molecule has 0 atom stereocenters. The Morgan fingerprint density at radius 2 is 2.23 bits per heavy atom. The molecule has 68 valence electrons. The van der Waals surface area contributed by atoms with Crippen molar-refractivity contribution in [1.82, 2.24) is 19.6 Å². The van der Waals surface area contributed by atoms with E-state index in [1.54, 1.807) is 0 Å². The molecule has 0 aliphatic carbocycles. The lowest BCUT2D eigenvalue weighted by Gasteiger charge is -1.84. The molecule has 0 saturated carbocycles. The second kappa shape index (κ2) is 2.47. The van der Waals surface area contributed by atoms with Gasteiger partial charge in [-0.2, -0.15) is 13.4 Å². The monoisotopic (exact) mass is 200 g/mol. The van der Waals surface area contributed by atoms with E-state index in [0.29, 0.717) is 5.65 Å². The van der Waals surface area contributed by atoms with Crippen LogP contribution >= 0.6 is 0 Å². The maximum atomic E-state index is 10.6. The predicted molar refractivity (Wildman–Crippen MR) is 40.6 cm³/mol. The van der Waals surface area contributed by atoms with Crippen molar-refractivity contribution in [2.75, 3.05) is 0 Å².